The summed E-state index contributed by atoms with van der Waals surface area (Å²) >= 11 is 0.418. The lowest BCUT2D eigenvalue weighted by Crippen LogP contribution is -2.20. The molecule has 0 unspecified atom stereocenters. The maximum absolute atomic E-state index is 14.2. The molecule has 0 bridgehead atoms. The van der Waals surface area contributed by atoms with Crippen LogP contribution in [0.5, 0.6) is 0 Å². The molecule has 0 aliphatic carbocycles. The predicted octanol–water partition coefficient (Wildman–Crippen LogP) is 5.77. The van der Waals surface area contributed by atoms with E-state index in [2.05, 4.69) is 4.98 Å². The molecule has 0 amide bonds. The minimum absolute atomic E-state index is 0.101. The average Bonchev–Trinajstić information content (AvgIpc) is 2.82. The summed E-state index contributed by atoms with van der Waals surface area (Å²) in [4.78, 5) is 13.5. The smallest absolute Gasteiger partial charge is 0.317 e. The van der Waals surface area contributed by atoms with E-state index in [1.807, 2.05) is 0 Å². The quantitative estimate of drug-likeness (QED) is 0.103. The largest absolute Gasteiger partial charge is 0.433 e. The van der Waals surface area contributed by atoms with Crippen molar-refractivity contribution in [3.05, 3.63) is 94.3 Å². The number of alkyl halides is 3. The van der Waals surface area contributed by atoms with Crippen LogP contribution in [-0.4, -0.2) is 27.8 Å². The highest BCUT2D eigenvalue weighted by Gasteiger charge is 2.35. The molecule has 35 heavy (non-hydrogen) atoms. The van der Waals surface area contributed by atoms with Gasteiger partial charge in [-0.25, -0.2) is 27.3 Å². The Morgan fingerprint density at radius 1 is 1.03 bits per heavy atom. The first-order valence-electron chi connectivity index (χ1n) is 9.63. The Bertz CT molecular complexity index is 1150. The van der Waals surface area contributed by atoms with Gasteiger partial charge in [0.15, 0.2) is 23.3 Å². The van der Waals surface area contributed by atoms with Crippen molar-refractivity contribution in [2.75, 3.05) is 7.05 Å². The average molecular weight is 521 g/mol. The van der Waals surface area contributed by atoms with Gasteiger partial charge in [0.1, 0.15) is 12.0 Å². The van der Waals surface area contributed by atoms with Crippen molar-refractivity contribution >= 4 is 18.2 Å². The Kier molecular flexibility index (Phi) is 10.2. The summed E-state index contributed by atoms with van der Waals surface area (Å²) in [5.74, 6) is -7.33. The summed E-state index contributed by atoms with van der Waals surface area (Å²) in [6.45, 7) is -0.543. The van der Waals surface area contributed by atoms with Crippen molar-refractivity contribution in [2.24, 2.45) is 0 Å². The van der Waals surface area contributed by atoms with Crippen LogP contribution in [0.25, 0.3) is 0 Å². The Morgan fingerprint density at radius 2 is 1.66 bits per heavy atom. The molecular formula is C22H18F7N3O2S. The van der Waals surface area contributed by atoms with Gasteiger partial charge in [0.2, 0.25) is 0 Å². The van der Waals surface area contributed by atoms with E-state index in [0.717, 1.165) is 6.20 Å². The lowest BCUT2D eigenvalue weighted by Gasteiger charge is -2.23. The topological polar surface area (TPSA) is 65.5 Å². The number of hydrogen-bond donors (Lipinski definition) is 2. The lowest BCUT2D eigenvalue weighted by molar-refractivity contribution is -0.142. The summed E-state index contributed by atoms with van der Waals surface area (Å²) in [6, 6.07) is 8.85. The zero-order chi connectivity index (χ0) is 26.2. The molecule has 188 valence electrons. The molecule has 0 aliphatic rings. The summed E-state index contributed by atoms with van der Waals surface area (Å²) in [5.41, 5.74) is 1.19. The van der Waals surface area contributed by atoms with Crippen LogP contribution in [0.15, 0.2) is 53.6 Å². The molecule has 0 spiro atoms. The number of carbonyl (C=O) groups excluding carboxylic acids is 1. The molecule has 0 aliphatic heterocycles. The van der Waals surface area contributed by atoms with Crippen LogP contribution >= 0.6 is 11.9 Å². The fourth-order valence-electron chi connectivity index (χ4n) is 2.79. The van der Waals surface area contributed by atoms with Crippen LogP contribution < -0.4 is 5.48 Å². The van der Waals surface area contributed by atoms with E-state index in [1.54, 1.807) is 5.48 Å². The zero-order valence-corrected chi connectivity index (χ0v) is 18.7. The second kappa shape index (κ2) is 12.6. The number of aromatic nitrogens is 1. The number of rotatable bonds is 7. The highest BCUT2D eigenvalue weighted by Crippen LogP contribution is 2.35. The van der Waals surface area contributed by atoms with E-state index < -0.39 is 46.6 Å². The van der Waals surface area contributed by atoms with E-state index in [1.165, 1.54) is 47.8 Å². The van der Waals surface area contributed by atoms with Gasteiger partial charge >= 0.3 is 6.18 Å². The maximum atomic E-state index is 14.2. The number of nitrogens with one attached hydrogen (secondary N) is 1. The molecule has 1 aromatic heterocycles. The van der Waals surface area contributed by atoms with Gasteiger partial charge in [-0.05, 0) is 35.2 Å². The summed E-state index contributed by atoms with van der Waals surface area (Å²) in [6.07, 6.45) is -3.20. The summed E-state index contributed by atoms with van der Waals surface area (Å²) in [7, 11) is 1.43. The highest BCUT2D eigenvalue weighted by molar-refractivity contribution is 7.97. The van der Waals surface area contributed by atoms with Crippen molar-refractivity contribution in [1.29, 1.82) is 0 Å². The molecule has 2 N–H and O–H groups in total. The van der Waals surface area contributed by atoms with Gasteiger partial charge in [-0.3, -0.25) is 9.78 Å². The fraction of sp³-hybridized carbons (Fsp3) is 0.182. The summed E-state index contributed by atoms with van der Waals surface area (Å²) < 4.78 is 95.9. The number of halogens is 7. The molecule has 3 aromatic rings. The minimum Gasteiger partial charge on any atom is -0.317 e. The zero-order valence-electron chi connectivity index (χ0n) is 17.9. The molecule has 13 heteroatoms. The third-order valence-electron chi connectivity index (χ3n) is 4.28. The monoisotopic (exact) mass is 521 g/mol. The van der Waals surface area contributed by atoms with E-state index in [4.69, 9.17) is 5.21 Å². The van der Waals surface area contributed by atoms with Crippen LogP contribution in [0, 0.1) is 23.3 Å². The minimum atomic E-state index is -4.77. The predicted molar refractivity (Wildman–Crippen MR) is 113 cm³/mol. The van der Waals surface area contributed by atoms with E-state index >= 15 is 0 Å². The Labute approximate surface area is 199 Å². The van der Waals surface area contributed by atoms with E-state index in [-0.39, 0.29) is 12.1 Å². The van der Waals surface area contributed by atoms with Gasteiger partial charge in [-0.2, -0.15) is 13.2 Å². The number of carbonyl (C=O) groups is 1. The maximum Gasteiger partial charge on any atom is 0.433 e. The number of pyridine rings is 1. The summed E-state index contributed by atoms with van der Waals surface area (Å²) in [5, 5.41) is 7.32. The number of nitrogens with zero attached hydrogens (tertiary/aromatic N) is 2. The Hall–Kier alpha value is -3.00. The molecule has 2 aromatic carbocycles. The third kappa shape index (κ3) is 7.75. The number of hydrogen-bond acceptors (Lipinski definition) is 6. The van der Waals surface area contributed by atoms with Crippen LogP contribution in [-0.2, 0) is 19.3 Å². The van der Waals surface area contributed by atoms with Crippen LogP contribution in [0.3, 0.4) is 0 Å². The molecule has 5 nitrogen and oxygen atoms in total. The fourth-order valence-corrected chi connectivity index (χ4v) is 3.82. The molecule has 0 saturated carbocycles. The van der Waals surface area contributed by atoms with Crippen molar-refractivity contribution in [3.8, 4) is 0 Å². The van der Waals surface area contributed by atoms with Gasteiger partial charge in [0, 0.05) is 31.9 Å². The van der Waals surface area contributed by atoms with Crippen LogP contribution in [0.4, 0.5) is 30.7 Å². The van der Waals surface area contributed by atoms with Gasteiger partial charge in [-0.1, -0.05) is 30.3 Å². The van der Waals surface area contributed by atoms with E-state index in [9.17, 15) is 35.5 Å². The number of hydroxylamine groups is 1. The van der Waals surface area contributed by atoms with Crippen molar-refractivity contribution in [2.45, 2.75) is 24.2 Å². The first-order valence-corrected chi connectivity index (χ1v) is 10.4. The Morgan fingerprint density at radius 3 is 2.23 bits per heavy atom. The number of benzene rings is 2. The van der Waals surface area contributed by atoms with Gasteiger partial charge < -0.3 is 5.21 Å². The van der Waals surface area contributed by atoms with Crippen LogP contribution in [0.2, 0.25) is 0 Å². The first-order chi connectivity index (χ1) is 16.5. The van der Waals surface area contributed by atoms with E-state index in [0.29, 0.717) is 35.4 Å². The first kappa shape index (κ1) is 28.2. The molecule has 0 fully saturated rings. The molecule has 0 radical (unpaired) electrons. The molecule has 3 rings (SSSR count). The lowest BCUT2D eigenvalue weighted by atomic mass is 10.1. The SMILES string of the molecule is CNO.O=Cc1ccc(CN(Cc2cccnc2C(F)(F)F)Sc2cc(F)c(F)c(F)c2F)cc1. The van der Waals surface area contributed by atoms with Crippen molar-refractivity contribution in [3.63, 3.8) is 0 Å². The molecular weight excluding hydrogens is 503 g/mol. The number of aldehydes is 1. The third-order valence-corrected chi connectivity index (χ3v) is 5.29. The highest BCUT2D eigenvalue weighted by atomic mass is 32.2. The Balaban J connectivity index is 0.00000137. The molecule has 1 heterocycles. The van der Waals surface area contributed by atoms with Gasteiger partial charge in [0.05, 0.1) is 4.90 Å². The normalized spacial score (nSPS) is 11.3. The van der Waals surface area contributed by atoms with Gasteiger partial charge in [0.25, 0.3) is 0 Å². The molecule has 0 atom stereocenters. The van der Waals surface area contributed by atoms with Crippen LogP contribution in [0.1, 0.15) is 27.2 Å². The van der Waals surface area contributed by atoms with Crippen molar-refractivity contribution in [1.82, 2.24) is 14.8 Å². The molecule has 0 saturated heterocycles. The second-order valence-electron chi connectivity index (χ2n) is 6.78. The van der Waals surface area contributed by atoms with Crippen molar-refractivity contribution < 1.29 is 40.7 Å². The van der Waals surface area contributed by atoms with Gasteiger partial charge in [-0.15, -0.1) is 0 Å². The standard InChI is InChI=1S/C21H13F7N2OS.CH5NO/c22-15-8-16(18(24)19(25)17(15)23)32-30(9-12-3-5-13(11-31)6-4-12)10-14-2-1-7-29-20(14)21(26,27)28;1-2-3/h1-8,11H,9-10H2;2-3H,1H3. The second-order valence-corrected chi connectivity index (χ2v) is 7.92.